The maximum absolute atomic E-state index is 13.0. The second-order valence-electron chi connectivity index (χ2n) is 7.43. The summed E-state index contributed by atoms with van der Waals surface area (Å²) < 4.78 is 8.52. The van der Waals surface area contributed by atoms with Crippen molar-refractivity contribution in [3.05, 3.63) is 42.5 Å². The molecule has 0 radical (unpaired) electrons. The Bertz CT molecular complexity index is 1480. The first-order chi connectivity index (χ1) is 16.1. The SMILES string of the molecule is CCOc1ccc2nc(NC(=O)[C@H](CC)Sc3nnc4c5ccccc5n(C)c4n3)sc2c1. The normalized spacial score (nSPS) is 12.5. The third-order valence-corrected chi connectivity index (χ3v) is 7.45. The molecule has 5 aromatic rings. The van der Waals surface area contributed by atoms with Gasteiger partial charge in [0, 0.05) is 12.4 Å². The van der Waals surface area contributed by atoms with Gasteiger partial charge in [0.15, 0.2) is 10.8 Å². The molecule has 0 aliphatic heterocycles. The Balaban J connectivity index is 1.36. The average molecular weight is 479 g/mol. The highest BCUT2D eigenvalue weighted by Gasteiger charge is 2.22. The van der Waals surface area contributed by atoms with Crippen LogP contribution in [0.3, 0.4) is 0 Å². The third kappa shape index (κ3) is 4.11. The molecule has 3 aromatic heterocycles. The van der Waals surface area contributed by atoms with E-state index in [1.165, 1.54) is 23.1 Å². The number of anilines is 1. The molecule has 0 unspecified atom stereocenters. The fourth-order valence-electron chi connectivity index (χ4n) is 3.69. The molecular weight excluding hydrogens is 456 g/mol. The summed E-state index contributed by atoms with van der Waals surface area (Å²) in [4.78, 5) is 22.2. The van der Waals surface area contributed by atoms with Crippen LogP contribution in [0.5, 0.6) is 5.75 Å². The maximum atomic E-state index is 13.0. The molecule has 33 heavy (non-hydrogen) atoms. The monoisotopic (exact) mass is 478 g/mol. The minimum absolute atomic E-state index is 0.132. The van der Waals surface area contributed by atoms with E-state index in [-0.39, 0.29) is 11.2 Å². The second-order valence-corrected chi connectivity index (χ2v) is 9.63. The number of aromatic nitrogens is 5. The highest BCUT2D eigenvalue weighted by atomic mass is 32.2. The smallest absolute Gasteiger partial charge is 0.239 e. The molecule has 0 saturated heterocycles. The lowest BCUT2D eigenvalue weighted by Crippen LogP contribution is -2.24. The van der Waals surface area contributed by atoms with Crippen LogP contribution in [-0.4, -0.2) is 42.5 Å². The number of benzene rings is 2. The van der Waals surface area contributed by atoms with Gasteiger partial charge in [-0.15, -0.1) is 10.2 Å². The van der Waals surface area contributed by atoms with Gasteiger partial charge in [0.05, 0.1) is 27.6 Å². The minimum Gasteiger partial charge on any atom is -0.494 e. The molecule has 0 spiro atoms. The molecule has 10 heteroatoms. The number of nitrogens with zero attached hydrogens (tertiary/aromatic N) is 5. The van der Waals surface area contributed by atoms with Crippen molar-refractivity contribution in [3.8, 4) is 5.75 Å². The van der Waals surface area contributed by atoms with Crippen molar-refractivity contribution in [3.63, 3.8) is 0 Å². The van der Waals surface area contributed by atoms with E-state index in [9.17, 15) is 4.79 Å². The first-order valence-electron chi connectivity index (χ1n) is 10.7. The van der Waals surface area contributed by atoms with Gasteiger partial charge in [0.1, 0.15) is 11.3 Å². The van der Waals surface area contributed by atoms with Crippen molar-refractivity contribution in [1.29, 1.82) is 0 Å². The predicted molar refractivity (Wildman–Crippen MR) is 133 cm³/mol. The molecule has 1 atom stereocenters. The third-order valence-electron chi connectivity index (χ3n) is 5.30. The highest BCUT2D eigenvalue weighted by molar-refractivity contribution is 8.00. The van der Waals surface area contributed by atoms with E-state index in [4.69, 9.17) is 9.72 Å². The van der Waals surface area contributed by atoms with Crippen LogP contribution in [0.4, 0.5) is 5.13 Å². The van der Waals surface area contributed by atoms with Crippen LogP contribution in [0.15, 0.2) is 47.6 Å². The summed E-state index contributed by atoms with van der Waals surface area (Å²) >= 11 is 2.74. The number of thioether (sulfide) groups is 1. The number of hydrogen-bond acceptors (Lipinski definition) is 8. The zero-order chi connectivity index (χ0) is 22.9. The van der Waals surface area contributed by atoms with E-state index in [1.54, 1.807) is 0 Å². The van der Waals surface area contributed by atoms with Crippen molar-refractivity contribution >= 4 is 66.4 Å². The number of hydrogen-bond donors (Lipinski definition) is 1. The number of nitrogens with one attached hydrogen (secondary N) is 1. The molecule has 5 rings (SSSR count). The Morgan fingerprint density at radius 2 is 2.03 bits per heavy atom. The summed E-state index contributed by atoms with van der Waals surface area (Å²) in [6.45, 7) is 4.51. The van der Waals surface area contributed by atoms with Gasteiger partial charge >= 0.3 is 0 Å². The number of fused-ring (bicyclic) bond motifs is 4. The van der Waals surface area contributed by atoms with Gasteiger partial charge in [0.25, 0.3) is 0 Å². The number of carbonyl (C=O) groups excluding carboxylic acids is 1. The summed E-state index contributed by atoms with van der Waals surface area (Å²) in [5.41, 5.74) is 3.38. The van der Waals surface area contributed by atoms with Crippen LogP contribution in [0.25, 0.3) is 32.3 Å². The van der Waals surface area contributed by atoms with Crippen molar-refractivity contribution < 1.29 is 9.53 Å². The Hall–Kier alpha value is -3.24. The molecule has 168 valence electrons. The molecule has 1 amide bonds. The van der Waals surface area contributed by atoms with Gasteiger partial charge < -0.3 is 14.6 Å². The fourth-order valence-corrected chi connectivity index (χ4v) is 5.40. The molecule has 8 nitrogen and oxygen atoms in total. The summed E-state index contributed by atoms with van der Waals surface area (Å²) in [6.07, 6.45) is 0.617. The molecule has 0 bridgehead atoms. The average Bonchev–Trinajstić information content (AvgIpc) is 3.35. The predicted octanol–water partition coefficient (Wildman–Crippen LogP) is 5.03. The van der Waals surface area contributed by atoms with Crippen molar-refractivity contribution in [2.24, 2.45) is 7.05 Å². The summed E-state index contributed by atoms with van der Waals surface area (Å²) in [5, 5.41) is 13.3. The van der Waals surface area contributed by atoms with Gasteiger partial charge in [-0.3, -0.25) is 4.79 Å². The van der Waals surface area contributed by atoms with Gasteiger partial charge in [-0.1, -0.05) is 48.2 Å². The lowest BCUT2D eigenvalue weighted by molar-refractivity contribution is -0.115. The van der Waals surface area contributed by atoms with E-state index in [2.05, 4.69) is 20.5 Å². The lowest BCUT2D eigenvalue weighted by Gasteiger charge is -2.12. The van der Waals surface area contributed by atoms with Crippen molar-refractivity contribution in [2.75, 3.05) is 11.9 Å². The zero-order valence-electron chi connectivity index (χ0n) is 18.4. The number of rotatable bonds is 7. The van der Waals surface area contributed by atoms with Crippen molar-refractivity contribution in [2.45, 2.75) is 30.7 Å². The summed E-state index contributed by atoms with van der Waals surface area (Å²) in [5.74, 6) is 0.661. The Morgan fingerprint density at radius 1 is 1.18 bits per heavy atom. The molecular formula is C23H22N6O2S2. The maximum Gasteiger partial charge on any atom is 0.239 e. The van der Waals surface area contributed by atoms with E-state index in [0.717, 1.165) is 38.0 Å². The van der Waals surface area contributed by atoms with Crippen LogP contribution >= 0.6 is 23.1 Å². The molecule has 0 aliphatic rings. The number of carbonyl (C=O) groups is 1. The first-order valence-corrected chi connectivity index (χ1v) is 12.4. The number of ether oxygens (including phenoxy) is 1. The van der Waals surface area contributed by atoms with Crippen LogP contribution in [0.2, 0.25) is 0 Å². The zero-order valence-corrected chi connectivity index (χ0v) is 20.0. The van der Waals surface area contributed by atoms with Crippen molar-refractivity contribution in [1.82, 2.24) is 24.7 Å². The van der Waals surface area contributed by atoms with E-state index < -0.39 is 0 Å². The van der Waals surface area contributed by atoms with Crippen LogP contribution in [0.1, 0.15) is 20.3 Å². The molecule has 0 saturated carbocycles. The first kappa shape index (κ1) is 21.6. The Kier molecular flexibility index (Phi) is 5.86. The lowest BCUT2D eigenvalue weighted by atomic mass is 10.2. The number of thiazole rings is 1. The van der Waals surface area contributed by atoms with E-state index in [1.807, 2.05) is 67.9 Å². The van der Waals surface area contributed by atoms with Gasteiger partial charge in [-0.2, -0.15) is 0 Å². The van der Waals surface area contributed by atoms with Crippen LogP contribution < -0.4 is 10.1 Å². The number of amides is 1. The van der Waals surface area contributed by atoms with E-state index in [0.29, 0.717) is 23.3 Å². The van der Waals surface area contributed by atoms with Gasteiger partial charge in [0.2, 0.25) is 11.1 Å². The Labute approximate surface area is 198 Å². The quantitative estimate of drug-likeness (QED) is 0.328. The Morgan fingerprint density at radius 3 is 2.85 bits per heavy atom. The standard InChI is InChI=1S/C23H22N6O2S2/c1-4-17(21(30)26-22-24-15-11-10-13(31-5-2)12-18(15)33-22)32-23-25-20-19(27-28-23)14-8-6-7-9-16(14)29(20)3/h6-12,17H,4-5H2,1-3H3,(H,24,26,30)/t17-/m0/s1. The topological polar surface area (TPSA) is 94.8 Å². The largest absolute Gasteiger partial charge is 0.494 e. The summed E-state index contributed by atoms with van der Waals surface area (Å²) in [7, 11) is 1.96. The van der Waals surface area contributed by atoms with Crippen LogP contribution in [-0.2, 0) is 11.8 Å². The molecule has 0 fully saturated rings. The molecule has 3 heterocycles. The van der Waals surface area contributed by atoms with Crippen LogP contribution in [0, 0.1) is 0 Å². The molecule has 0 aliphatic carbocycles. The fraction of sp³-hybridized carbons (Fsp3) is 0.261. The highest BCUT2D eigenvalue weighted by Crippen LogP contribution is 2.31. The number of aryl methyl sites for hydroxylation is 1. The summed E-state index contributed by atoms with van der Waals surface area (Å²) in [6, 6.07) is 13.7. The minimum atomic E-state index is -0.370. The number of para-hydroxylation sites is 1. The molecule has 1 N–H and O–H groups in total. The van der Waals surface area contributed by atoms with Gasteiger partial charge in [-0.25, -0.2) is 9.97 Å². The molecule has 2 aromatic carbocycles. The van der Waals surface area contributed by atoms with Gasteiger partial charge in [-0.05, 0) is 37.6 Å². The van der Waals surface area contributed by atoms with E-state index >= 15 is 0 Å². The second kappa shape index (κ2) is 8.95.